The SMILES string of the molecule is CC.CCOC(=O)c1cc2n(n1)-c1cc(C)ccc1OCC2O. The molecule has 0 saturated carbocycles. The zero-order valence-corrected chi connectivity index (χ0v) is 13.9. The van der Waals surface area contributed by atoms with Gasteiger partial charge in [0.05, 0.1) is 12.3 Å². The van der Waals surface area contributed by atoms with Crippen LogP contribution >= 0.6 is 0 Å². The Kier molecular flexibility index (Phi) is 5.39. The maximum atomic E-state index is 11.8. The summed E-state index contributed by atoms with van der Waals surface area (Å²) in [4.78, 5) is 11.8. The number of hydrogen-bond acceptors (Lipinski definition) is 5. The van der Waals surface area contributed by atoms with Crippen LogP contribution in [0.1, 0.15) is 48.6 Å². The first-order chi connectivity index (χ1) is 11.1. The molecular weight excluding hydrogens is 296 g/mol. The molecule has 2 heterocycles. The van der Waals surface area contributed by atoms with E-state index in [1.807, 2.05) is 39.0 Å². The zero-order chi connectivity index (χ0) is 17.0. The molecule has 0 spiro atoms. The number of fused-ring (bicyclic) bond motifs is 3. The molecule has 1 aliphatic rings. The molecule has 1 atom stereocenters. The molecule has 0 saturated heterocycles. The second kappa shape index (κ2) is 7.28. The Bertz CT molecular complexity index is 694. The summed E-state index contributed by atoms with van der Waals surface area (Å²) in [7, 11) is 0. The van der Waals surface area contributed by atoms with Crippen LogP contribution in [0.5, 0.6) is 5.75 Å². The van der Waals surface area contributed by atoms with Crippen molar-refractivity contribution in [1.29, 1.82) is 0 Å². The Morgan fingerprint density at radius 2 is 2.17 bits per heavy atom. The number of aryl methyl sites for hydroxylation is 1. The van der Waals surface area contributed by atoms with Crippen molar-refractivity contribution >= 4 is 5.97 Å². The smallest absolute Gasteiger partial charge is 0.358 e. The van der Waals surface area contributed by atoms with Crippen molar-refractivity contribution < 1.29 is 19.4 Å². The first-order valence-electron chi connectivity index (χ1n) is 7.79. The highest BCUT2D eigenvalue weighted by Gasteiger charge is 2.26. The van der Waals surface area contributed by atoms with E-state index < -0.39 is 12.1 Å². The van der Waals surface area contributed by atoms with Crippen LogP contribution < -0.4 is 4.74 Å². The Morgan fingerprint density at radius 1 is 1.43 bits per heavy atom. The standard InChI is InChI=1S/C15H16N2O4.C2H6/c1-3-20-15(19)10-7-11-13(18)8-21-14-5-4-9(2)6-12(14)17(11)16-10;1-2/h4-7,13,18H,3,8H2,1-2H3;1-2H3. The van der Waals surface area contributed by atoms with Gasteiger partial charge in [-0.25, -0.2) is 9.48 Å². The summed E-state index contributed by atoms with van der Waals surface area (Å²) in [5.74, 6) is 0.123. The number of ether oxygens (including phenoxy) is 2. The van der Waals surface area contributed by atoms with Crippen molar-refractivity contribution in [2.45, 2.75) is 33.8 Å². The molecule has 124 valence electrons. The summed E-state index contributed by atoms with van der Waals surface area (Å²) in [6.45, 7) is 8.09. The summed E-state index contributed by atoms with van der Waals surface area (Å²) in [6.07, 6.45) is -0.853. The molecule has 2 aromatic rings. The molecule has 6 nitrogen and oxygen atoms in total. The topological polar surface area (TPSA) is 73.6 Å². The number of benzene rings is 1. The van der Waals surface area contributed by atoms with Crippen LogP contribution in [-0.2, 0) is 4.74 Å². The lowest BCUT2D eigenvalue weighted by Gasteiger charge is -2.08. The number of esters is 1. The molecule has 0 aliphatic carbocycles. The van der Waals surface area contributed by atoms with Gasteiger partial charge >= 0.3 is 5.97 Å². The van der Waals surface area contributed by atoms with Gasteiger partial charge in [-0.1, -0.05) is 19.9 Å². The minimum Gasteiger partial charge on any atom is -0.488 e. The van der Waals surface area contributed by atoms with Crippen LogP contribution in [0.3, 0.4) is 0 Å². The molecule has 1 aromatic carbocycles. The van der Waals surface area contributed by atoms with E-state index in [9.17, 15) is 9.90 Å². The second-order valence-electron chi connectivity index (χ2n) is 4.88. The Morgan fingerprint density at radius 3 is 2.87 bits per heavy atom. The molecule has 1 aliphatic heterocycles. The van der Waals surface area contributed by atoms with Crippen molar-refractivity contribution in [2.75, 3.05) is 13.2 Å². The third-order valence-corrected chi connectivity index (χ3v) is 3.30. The largest absolute Gasteiger partial charge is 0.488 e. The lowest BCUT2D eigenvalue weighted by molar-refractivity contribution is 0.0519. The Hall–Kier alpha value is -2.34. The van der Waals surface area contributed by atoms with Gasteiger partial charge in [-0.3, -0.25) is 0 Å². The summed E-state index contributed by atoms with van der Waals surface area (Å²) in [6, 6.07) is 7.20. The van der Waals surface area contributed by atoms with Gasteiger partial charge in [0.2, 0.25) is 0 Å². The number of rotatable bonds is 2. The Balaban J connectivity index is 0.000000924. The van der Waals surface area contributed by atoms with Gasteiger partial charge in [0.15, 0.2) is 5.69 Å². The maximum absolute atomic E-state index is 11.8. The van der Waals surface area contributed by atoms with Gasteiger partial charge in [0.1, 0.15) is 24.1 Å². The first-order valence-corrected chi connectivity index (χ1v) is 7.79. The van der Waals surface area contributed by atoms with Crippen molar-refractivity contribution in [2.24, 2.45) is 0 Å². The number of carbonyl (C=O) groups excluding carboxylic acids is 1. The minimum absolute atomic E-state index is 0.115. The van der Waals surface area contributed by atoms with Crippen molar-refractivity contribution in [1.82, 2.24) is 9.78 Å². The highest BCUT2D eigenvalue weighted by atomic mass is 16.5. The van der Waals surface area contributed by atoms with Gasteiger partial charge in [-0.15, -0.1) is 0 Å². The van der Waals surface area contributed by atoms with Gasteiger partial charge in [-0.05, 0) is 37.6 Å². The molecule has 0 amide bonds. The van der Waals surface area contributed by atoms with E-state index >= 15 is 0 Å². The van der Waals surface area contributed by atoms with Crippen LogP contribution in [0.15, 0.2) is 24.3 Å². The molecule has 6 heteroatoms. The minimum atomic E-state index is -0.853. The van der Waals surface area contributed by atoms with Gasteiger partial charge < -0.3 is 14.6 Å². The molecule has 23 heavy (non-hydrogen) atoms. The molecule has 0 fully saturated rings. The fourth-order valence-electron chi connectivity index (χ4n) is 2.30. The van der Waals surface area contributed by atoms with E-state index in [4.69, 9.17) is 9.47 Å². The van der Waals surface area contributed by atoms with Gasteiger partial charge in [0, 0.05) is 0 Å². The number of aromatic nitrogens is 2. The maximum Gasteiger partial charge on any atom is 0.358 e. The first kappa shape index (κ1) is 17.0. The van der Waals surface area contributed by atoms with E-state index in [1.165, 1.54) is 0 Å². The third-order valence-electron chi connectivity index (χ3n) is 3.30. The Labute approximate surface area is 135 Å². The highest BCUT2D eigenvalue weighted by molar-refractivity contribution is 5.87. The summed E-state index contributed by atoms with van der Waals surface area (Å²) in [5.41, 5.74) is 2.44. The van der Waals surface area contributed by atoms with Crippen LogP contribution in [0.2, 0.25) is 0 Å². The van der Waals surface area contributed by atoms with E-state index in [1.54, 1.807) is 17.7 Å². The number of aliphatic hydroxyl groups is 1. The molecule has 1 unspecified atom stereocenters. The van der Waals surface area contributed by atoms with Gasteiger partial charge in [-0.2, -0.15) is 5.10 Å². The zero-order valence-electron chi connectivity index (χ0n) is 13.9. The molecule has 3 rings (SSSR count). The van der Waals surface area contributed by atoms with Gasteiger partial charge in [0.25, 0.3) is 0 Å². The highest BCUT2D eigenvalue weighted by Crippen LogP contribution is 2.31. The van der Waals surface area contributed by atoms with Crippen molar-refractivity contribution in [3.8, 4) is 11.4 Å². The van der Waals surface area contributed by atoms with Crippen molar-refractivity contribution in [3.05, 3.63) is 41.2 Å². The number of nitrogens with zero attached hydrogens (tertiary/aromatic N) is 2. The van der Waals surface area contributed by atoms with Crippen LogP contribution in [0, 0.1) is 6.92 Å². The number of hydrogen-bond donors (Lipinski definition) is 1. The lowest BCUT2D eigenvalue weighted by Crippen LogP contribution is -2.09. The average molecular weight is 318 g/mol. The molecule has 1 N–H and O–H groups in total. The van der Waals surface area contributed by atoms with E-state index in [0.29, 0.717) is 17.1 Å². The molecule has 0 radical (unpaired) electrons. The van der Waals surface area contributed by atoms with E-state index in [2.05, 4.69) is 5.10 Å². The fraction of sp³-hybridized carbons (Fsp3) is 0.412. The molecular formula is C17H22N2O4. The summed E-state index contributed by atoms with van der Waals surface area (Å²) < 4.78 is 12.1. The average Bonchev–Trinajstić information content (AvgIpc) is 2.96. The van der Waals surface area contributed by atoms with Crippen LogP contribution in [-0.4, -0.2) is 34.1 Å². The summed E-state index contributed by atoms with van der Waals surface area (Å²) in [5, 5.41) is 14.4. The number of aliphatic hydroxyl groups excluding tert-OH is 1. The van der Waals surface area contributed by atoms with E-state index in [0.717, 1.165) is 5.56 Å². The number of carbonyl (C=O) groups is 1. The monoisotopic (exact) mass is 318 g/mol. The third kappa shape index (κ3) is 3.37. The fourth-order valence-corrected chi connectivity index (χ4v) is 2.30. The van der Waals surface area contributed by atoms with Crippen molar-refractivity contribution in [3.63, 3.8) is 0 Å². The van der Waals surface area contributed by atoms with Crippen LogP contribution in [0.25, 0.3) is 5.69 Å². The predicted octanol–water partition coefficient (Wildman–Crippen LogP) is 2.81. The second-order valence-corrected chi connectivity index (χ2v) is 4.88. The molecule has 0 bridgehead atoms. The normalized spacial score (nSPS) is 15.3. The predicted molar refractivity (Wildman–Crippen MR) is 86.1 cm³/mol. The summed E-state index contributed by atoms with van der Waals surface area (Å²) >= 11 is 0. The molecule has 1 aromatic heterocycles. The quantitative estimate of drug-likeness (QED) is 0.862. The van der Waals surface area contributed by atoms with E-state index in [-0.39, 0.29) is 18.9 Å². The lowest BCUT2D eigenvalue weighted by atomic mass is 10.2. The van der Waals surface area contributed by atoms with Crippen LogP contribution in [0.4, 0.5) is 0 Å².